The highest BCUT2D eigenvalue weighted by molar-refractivity contribution is 6.06. The largest absolute Gasteiger partial charge is 0.464 e. The SMILES string of the molecule is N#CC1CCCN1C(=O)CN1CC[C@H](NC(=O)c2cccc3occc23)C1. The van der Waals surface area contributed by atoms with Crippen LogP contribution in [0.25, 0.3) is 11.0 Å². The van der Waals surface area contributed by atoms with Crippen molar-refractivity contribution in [1.29, 1.82) is 5.26 Å². The number of fused-ring (bicyclic) bond motifs is 1. The standard InChI is InChI=1S/C20H22N4O3/c21-11-15-3-2-8-24(15)19(25)13-23-9-6-14(12-23)22-20(26)17-4-1-5-18-16(17)7-10-27-18/h1,4-5,7,10,14-15H,2-3,6,8-9,12-13H2,(H,22,26)/t14-,15?/m0/s1. The lowest BCUT2D eigenvalue weighted by molar-refractivity contribution is -0.132. The predicted molar refractivity (Wildman–Crippen MR) is 98.9 cm³/mol. The van der Waals surface area contributed by atoms with Crippen LogP contribution in [0.1, 0.15) is 29.6 Å². The van der Waals surface area contributed by atoms with E-state index >= 15 is 0 Å². The molecule has 2 aromatic rings. The molecule has 2 amide bonds. The second-order valence-electron chi connectivity index (χ2n) is 7.21. The summed E-state index contributed by atoms with van der Waals surface area (Å²) in [5.41, 5.74) is 1.30. The molecule has 4 rings (SSSR count). The van der Waals surface area contributed by atoms with Crippen LogP contribution in [0.15, 0.2) is 34.9 Å². The molecule has 7 nitrogen and oxygen atoms in total. The average molecular weight is 366 g/mol. The van der Waals surface area contributed by atoms with Crippen LogP contribution in [0, 0.1) is 11.3 Å². The van der Waals surface area contributed by atoms with Crippen molar-refractivity contribution in [3.05, 3.63) is 36.1 Å². The van der Waals surface area contributed by atoms with Crippen molar-refractivity contribution >= 4 is 22.8 Å². The molecule has 2 aliphatic rings. The van der Waals surface area contributed by atoms with E-state index in [0.717, 1.165) is 31.2 Å². The summed E-state index contributed by atoms with van der Waals surface area (Å²) in [6.45, 7) is 2.38. The summed E-state index contributed by atoms with van der Waals surface area (Å²) in [5.74, 6) is -0.113. The minimum Gasteiger partial charge on any atom is -0.464 e. The molecular weight excluding hydrogens is 344 g/mol. The number of rotatable bonds is 4. The van der Waals surface area contributed by atoms with Gasteiger partial charge in [0, 0.05) is 31.1 Å². The minimum atomic E-state index is -0.286. The molecule has 2 aliphatic heterocycles. The van der Waals surface area contributed by atoms with Crippen molar-refractivity contribution in [1.82, 2.24) is 15.1 Å². The normalized spacial score (nSPS) is 22.9. The van der Waals surface area contributed by atoms with E-state index < -0.39 is 0 Å². The van der Waals surface area contributed by atoms with Gasteiger partial charge in [-0.1, -0.05) is 6.07 Å². The van der Waals surface area contributed by atoms with Crippen molar-refractivity contribution in [2.75, 3.05) is 26.2 Å². The Bertz CT molecular complexity index is 900. The molecule has 0 bridgehead atoms. The maximum absolute atomic E-state index is 12.6. The second kappa shape index (κ2) is 7.41. The van der Waals surface area contributed by atoms with Crippen LogP contribution in [0.2, 0.25) is 0 Å². The average Bonchev–Trinajstić information content (AvgIpc) is 3.41. The molecule has 1 aromatic heterocycles. The van der Waals surface area contributed by atoms with Gasteiger partial charge in [-0.05, 0) is 37.5 Å². The first-order valence-corrected chi connectivity index (χ1v) is 9.34. The zero-order valence-corrected chi connectivity index (χ0v) is 15.1. The Hall–Kier alpha value is -2.85. The van der Waals surface area contributed by atoms with Crippen LogP contribution in [0.5, 0.6) is 0 Å². The van der Waals surface area contributed by atoms with Crippen LogP contribution in [0.4, 0.5) is 0 Å². The third-order valence-electron chi connectivity index (χ3n) is 5.43. The van der Waals surface area contributed by atoms with Gasteiger partial charge < -0.3 is 14.6 Å². The molecule has 0 saturated carbocycles. The molecule has 140 valence electrons. The molecule has 2 saturated heterocycles. The molecule has 1 unspecified atom stereocenters. The molecule has 1 aromatic carbocycles. The number of carbonyl (C=O) groups is 2. The zero-order valence-electron chi connectivity index (χ0n) is 15.1. The van der Waals surface area contributed by atoms with Gasteiger partial charge in [-0.25, -0.2) is 0 Å². The molecule has 2 fully saturated rings. The lowest BCUT2D eigenvalue weighted by Crippen LogP contribution is -2.43. The first-order chi connectivity index (χ1) is 13.2. The summed E-state index contributed by atoms with van der Waals surface area (Å²) >= 11 is 0. The number of furan rings is 1. The number of amides is 2. The first-order valence-electron chi connectivity index (χ1n) is 9.34. The fourth-order valence-electron chi connectivity index (χ4n) is 4.03. The highest BCUT2D eigenvalue weighted by Gasteiger charge is 2.32. The van der Waals surface area contributed by atoms with E-state index in [2.05, 4.69) is 16.3 Å². The maximum atomic E-state index is 12.6. The third-order valence-corrected chi connectivity index (χ3v) is 5.43. The fourth-order valence-corrected chi connectivity index (χ4v) is 4.03. The van der Waals surface area contributed by atoms with E-state index in [1.807, 2.05) is 12.1 Å². The highest BCUT2D eigenvalue weighted by atomic mass is 16.3. The monoisotopic (exact) mass is 366 g/mol. The van der Waals surface area contributed by atoms with Crippen LogP contribution < -0.4 is 5.32 Å². The number of nitrogens with zero attached hydrogens (tertiary/aromatic N) is 3. The van der Waals surface area contributed by atoms with Crippen molar-refractivity contribution in [2.24, 2.45) is 0 Å². The van der Waals surface area contributed by atoms with Crippen LogP contribution in [-0.2, 0) is 4.79 Å². The Morgan fingerprint density at radius 2 is 2.15 bits per heavy atom. The lowest BCUT2D eigenvalue weighted by Gasteiger charge is -2.23. The zero-order chi connectivity index (χ0) is 18.8. The van der Waals surface area contributed by atoms with E-state index in [4.69, 9.17) is 9.68 Å². The molecule has 2 atom stereocenters. The second-order valence-corrected chi connectivity index (χ2v) is 7.21. The third kappa shape index (κ3) is 3.53. The molecule has 3 heterocycles. The molecule has 0 spiro atoms. The maximum Gasteiger partial charge on any atom is 0.252 e. The van der Waals surface area contributed by atoms with Crippen molar-refractivity contribution in [3.63, 3.8) is 0 Å². The first kappa shape index (κ1) is 17.6. The van der Waals surface area contributed by atoms with E-state index in [0.29, 0.717) is 30.8 Å². The number of hydrogen-bond donors (Lipinski definition) is 1. The van der Waals surface area contributed by atoms with Gasteiger partial charge in [0.2, 0.25) is 5.91 Å². The molecule has 27 heavy (non-hydrogen) atoms. The Kier molecular flexibility index (Phi) is 4.82. The minimum absolute atomic E-state index is 0.00851. The fraction of sp³-hybridized carbons (Fsp3) is 0.450. The van der Waals surface area contributed by atoms with Gasteiger partial charge in [-0.2, -0.15) is 5.26 Å². The summed E-state index contributed by atoms with van der Waals surface area (Å²) < 4.78 is 5.35. The number of carbonyl (C=O) groups excluding carboxylic acids is 2. The van der Waals surface area contributed by atoms with Crippen molar-refractivity contribution < 1.29 is 14.0 Å². The molecular formula is C20H22N4O3. The number of likely N-dealkylation sites (tertiary alicyclic amines) is 2. The van der Waals surface area contributed by atoms with Gasteiger partial charge in [0.25, 0.3) is 5.91 Å². The Labute approximate surface area is 157 Å². The Balaban J connectivity index is 1.33. The Morgan fingerprint density at radius 3 is 3.00 bits per heavy atom. The predicted octanol–water partition coefficient (Wildman–Crippen LogP) is 1.75. The topological polar surface area (TPSA) is 89.6 Å². The van der Waals surface area contributed by atoms with Gasteiger partial charge in [0.1, 0.15) is 11.6 Å². The van der Waals surface area contributed by atoms with Gasteiger partial charge in [0.05, 0.1) is 24.4 Å². The van der Waals surface area contributed by atoms with E-state index in [1.165, 1.54) is 0 Å². The molecule has 0 radical (unpaired) electrons. The molecule has 7 heteroatoms. The summed E-state index contributed by atoms with van der Waals surface area (Å²) in [6.07, 6.45) is 4.04. The van der Waals surface area contributed by atoms with Crippen molar-refractivity contribution in [2.45, 2.75) is 31.3 Å². The van der Waals surface area contributed by atoms with E-state index in [9.17, 15) is 9.59 Å². The molecule has 1 N–H and O–H groups in total. The number of benzene rings is 1. The summed E-state index contributed by atoms with van der Waals surface area (Å²) in [6, 6.07) is 9.16. The van der Waals surface area contributed by atoms with Crippen LogP contribution >= 0.6 is 0 Å². The number of hydrogen-bond acceptors (Lipinski definition) is 5. The van der Waals surface area contributed by atoms with Crippen LogP contribution in [0.3, 0.4) is 0 Å². The highest BCUT2D eigenvalue weighted by Crippen LogP contribution is 2.21. The van der Waals surface area contributed by atoms with Gasteiger partial charge in [-0.15, -0.1) is 0 Å². The summed E-state index contributed by atoms with van der Waals surface area (Å²) in [7, 11) is 0. The number of nitriles is 1. The van der Waals surface area contributed by atoms with Gasteiger partial charge in [-0.3, -0.25) is 14.5 Å². The van der Waals surface area contributed by atoms with Crippen molar-refractivity contribution in [3.8, 4) is 6.07 Å². The lowest BCUT2D eigenvalue weighted by atomic mass is 10.1. The number of nitrogens with one attached hydrogen (secondary N) is 1. The Morgan fingerprint density at radius 1 is 1.26 bits per heavy atom. The van der Waals surface area contributed by atoms with E-state index in [-0.39, 0.29) is 23.9 Å². The van der Waals surface area contributed by atoms with Gasteiger partial charge in [0.15, 0.2) is 0 Å². The van der Waals surface area contributed by atoms with Gasteiger partial charge >= 0.3 is 0 Å². The smallest absolute Gasteiger partial charge is 0.252 e. The van der Waals surface area contributed by atoms with E-state index in [1.54, 1.807) is 23.3 Å². The summed E-state index contributed by atoms with van der Waals surface area (Å²) in [4.78, 5) is 28.9. The molecule has 0 aliphatic carbocycles. The quantitative estimate of drug-likeness (QED) is 0.890. The van der Waals surface area contributed by atoms with Crippen LogP contribution in [-0.4, -0.2) is 59.9 Å². The summed E-state index contributed by atoms with van der Waals surface area (Å²) in [5, 5.41) is 13.0.